The highest BCUT2D eigenvalue weighted by atomic mass is 35.5. The van der Waals surface area contributed by atoms with Gasteiger partial charge in [0, 0.05) is 19.6 Å². The molecule has 1 aromatic carbocycles. The number of halogens is 1. The van der Waals surface area contributed by atoms with E-state index in [1.807, 2.05) is 25.1 Å². The van der Waals surface area contributed by atoms with Crippen LogP contribution in [0.2, 0.25) is 5.02 Å². The van der Waals surface area contributed by atoms with Crippen LogP contribution >= 0.6 is 23.8 Å². The molecule has 116 valence electrons. The lowest BCUT2D eigenvalue weighted by Crippen LogP contribution is -2.38. The first-order valence-electron chi connectivity index (χ1n) is 7.26. The fourth-order valence-corrected chi connectivity index (χ4v) is 2.71. The zero-order valence-electron chi connectivity index (χ0n) is 12.3. The molecule has 2 rings (SSSR count). The van der Waals surface area contributed by atoms with Crippen LogP contribution < -0.4 is 10.6 Å². The Morgan fingerprint density at radius 1 is 1.38 bits per heavy atom. The summed E-state index contributed by atoms with van der Waals surface area (Å²) < 4.78 is 5.33. The number of rotatable bonds is 5. The summed E-state index contributed by atoms with van der Waals surface area (Å²) in [5.74, 6) is 0. The molecule has 0 saturated carbocycles. The van der Waals surface area contributed by atoms with Gasteiger partial charge in [0.2, 0.25) is 0 Å². The second-order valence-electron chi connectivity index (χ2n) is 5.17. The largest absolute Gasteiger partial charge is 0.379 e. The van der Waals surface area contributed by atoms with Gasteiger partial charge >= 0.3 is 0 Å². The third kappa shape index (κ3) is 5.79. The molecule has 1 aliphatic heterocycles. The molecule has 21 heavy (non-hydrogen) atoms. The van der Waals surface area contributed by atoms with E-state index in [2.05, 4.69) is 15.5 Å². The summed E-state index contributed by atoms with van der Waals surface area (Å²) >= 11 is 11.5. The normalized spacial score (nSPS) is 15.7. The van der Waals surface area contributed by atoms with Crippen molar-refractivity contribution in [2.24, 2.45) is 0 Å². The minimum absolute atomic E-state index is 0.614. The summed E-state index contributed by atoms with van der Waals surface area (Å²) in [5.41, 5.74) is 1.97. The molecule has 1 heterocycles. The number of hydrogen-bond donors (Lipinski definition) is 2. The molecule has 6 heteroatoms. The first kappa shape index (κ1) is 16.5. The Bertz CT molecular complexity index is 478. The van der Waals surface area contributed by atoms with E-state index >= 15 is 0 Å². The molecule has 0 aromatic heterocycles. The number of benzene rings is 1. The minimum atomic E-state index is 0.614. The Balaban J connectivity index is 1.65. The van der Waals surface area contributed by atoms with Gasteiger partial charge in [-0.05, 0) is 49.8 Å². The third-order valence-electron chi connectivity index (χ3n) is 3.41. The van der Waals surface area contributed by atoms with Crippen LogP contribution in [0.1, 0.15) is 12.0 Å². The number of nitrogens with one attached hydrogen (secondary N) is 2. The van der Waals surface area contributed by atoms with Crippen molar-refractivity contribution in [3.8, 4) is 0 Å². The quantitative estimate of drug-likeness (QED) is 0.642. The highest BCUT2D eigenvalue weighted by molar-refractivity contribution is 7.80. The average Bonchev–Trinajstić information content (AvgIpc) is 2.48. The van der Waals surface area contributed by atoms with Gasteiger partial charge in [-0.1, -0.05) is 17.7 Å². The lowest BCUT2D eigenvalue weighted by atomic mass is 10.2. The van der Waals surface area contributed by atoms with E-state index in [1.165, 1.54) is 0 Å². The summed E-state index contributed by atoms with van der Waals surface area (Å²) in [7, 11) is 0. The smallest absolute Gasteiger partial charge is 0.170 e. The molecular weight excluding hydrogens is 306 g/mol. The van der Waals surface area contributed by atoms with Crippen molar-refractivity contribution in [1.29, 1.82) is 0 Å². The predicted octanol–water partition coefficient (Wildman–Crippen LogP) is 2.66. The number of aryl methyl sites for hydroxylation is 1. The number of hydrogen-bond acceptors (Lipinski definition) is 3. The van der Waals surface area contributed by atoms with Crippen molar-refractivity contribution in [3.05, 3.63) is 28.8 Å². The van der Waals surface area contributed by atoms with Crippen LogP contribution in [-0.4, -0.2) is 49.4 Å². The van der Waals surface area contributed by atoms with Crippen LogP contribution in [0, 0.1) is 6.92 Å². The van der Waals surface area contributed by atoms with Crippen molar-refractivity contribution in [3.63, 3.8) is 0 Å². The van der Waals surface area contributed by atoms with Crippen molar-refractivity contribution >= 4 is 34.6 Å². The summed E-state index contributed by atoms with van der Waals surface area (Å²) in [6, 6.07) is 5.87. The zero-order chi connectivity index (χ0) is 15.1. The maximum Gasteiger partial charge on any atom is 0.170 e. The zero-order valence-corrected chi connectivity index (χ0v) is 13.9. The maximum atomic E-state index is 6.17. The Labute approximate surface area is 136 Å². The molecule has 2 N–H and O–H groups in total. The predicted molar refractivity (Wildman–Crippen MR) is 92.3 cm³/mol. The topological polar surface area (TPSA) is 36.5 Å². The van der Waals surface area contributed by atoms with Gasteiger partial charge in [0.1, 0.15) is 0 Å². The van der Waals surface area contributed by atoms with Crippen molar-refractivity contribution in [1.82, 2.24) is 10.2 Å². The summed E-state index contributed by atoms with van der Waals surface area (Å²) in [4.78, 5) is 2.42. The number of nitrogens with zero attached hydrogens (tertiary/aromatic N) is 1. The van der Waals surface area contributed by atoms with E-state index in [9.17, 15) is 0 Å². The monoisotopic (exact) mass is 327 g/mol. The van der Waals surface area contributed by atoms with Crippen molar-refractivity contribution in [2.45, 2.75) is 13.3 Å². The fourth-order valence-electron chi connectivity index (χ4n) is 2.22. The molecular formula is C15H22ClN3OS. The molecule has 0 unspecified atom stereocenters. The number of anilines is 1. The van der Waals surface area contributed by atoms with Gasteiger partial charge in [-0.25, -0.2) is 0 Å². The molecule has 0 spiro atoms. The molecule has 0 radical (unpaired) electrons. The van der Waals surface area contributed by atoms with Gasteiger partial charge in [0.15, 0.2) is 5.11 Å². The van der Waals surface area contributed by atoms with Crippen LogP contribution in [0.15, 0.2) is 18.2 Å². The fraction of sp³-hybridized carbons (Fsp3) is 0.533. The highest BCUT2D eigenvalue weighted by Gasteiger charge is 2.09. The van der Waals surface area contributed by atoms with Crippen LogP contribution in [-0.2, 0) is 4.74 Å². The van der Waals surface area contributed by atoms with Crippen LogP contribution in [0.4, 0.5) is 5.69 Å². The van der Waals surface area contributed by atoms with Crippen LogP contribution in [0.3, 0.4) is 0 Å². The van der Waals surface area contributed by atoms with Gasteiger partial charge in [-0.15, -0.1) is 0 Å². The summed E-state index contributed by atoms with van der Waals surface area (Å²) in [6.07, 6.45) is 1.06. The van der Waals surface area contributed by atoms with E-state index in [4.69, 9.17) is 28.6 Å². The molecule has 0 amide bonds. The maximum absolute atomic E-state index is 6.17. The molecule has 1 saturated heterocycles. The summed E-state index contributed by atoms with van der Waals surface area (Å²) in [5, 5.41) is 7.65. The van der Waals surface area contributed by atoms with Gasteiger partial charge in [-0.3, -0.25) is 4.90 Å². The van der Waals surface area contributed by atoms with Crippen molar-refractivity contribution < 1.29 is 4.74 Å². The molecule has 1 aromatic rings. The standard InChI is InChI=1S/C15H22ClN3OS/c1-12-3-4-14(13(16)11-12)18-15(21)17-5-2-6-19-7-9-20-10-8-19/h3-4,11H,2,5-10H2,1H3,(H2,17,18,21). The average molecular weight is 328 g/mol. The lowest BCUT2D eigenvalue weighted by Gasteiger charge is -2.26. The molecule has 1 aliphatic rings. The Morgan fingerprint density at radius 2 is 2.14 bits per heavy atom. The SMILES string of the molecule is Cc1ccc(NC(=S)NCCCN2CCOCC2)c(Cl)c1. The minimum Gasteiger partial charge on any atom is -0.379 e. The van der Waals surface area contributed by atoms with Crippen molar-refractivity contribution in [2.75, 3.05) is 44.7 Å². The molecule has 0 bridgehead atoms. The van der Waals surface area contributed by atoms with E-state index < -0.39 is 0 Å². The number of morpholine rings is 1. The van der Waals surface area contributed by atoms with Gasteiger partial charge in [0.05, 0.1) is 23.9 Å². The molecule has 0 aliphatic carbocycles. The van der Waals surface area contributed by atoms with Crippen LogP contribution in [0.25, 0.3) is 0 Å². The Morgan fingerprint density at radius 3 is 2.86 bits per heavy atom. The van der Waals surface area contributed by atoms with E-state index in [0.717, 1.165) is 57.1 Å². The van der Waals surface area contributed by atoms with Gasteiger partial charge in [0.25, 0.3) is 0 Å². The van der Waals surface area contributed by atoms with Crippen LogP contribution in [0.5, 0.6) is 0 Å². The van der Waals surface area contributed by atoms with Gasteiger partial charge < -0.3 is 15.4 Å². The first-order valence-corrected chi connectivity index (χ1v) is 8.05. The van der Waals surface area contributed by atoms with E-state index in [-0.39, 0.29) is 0 Å². The Hall–Kier alpha value is -0.880. The first-order chi connectivity index (χ1) is 10.1. The number of thiocarbonyl (C=S) groups is 1. The molecule has 4 nitrogen and oxygen atoms in total. The second kappa shape index (κ2) is 8.54. The highest BCUT2D eigenvalue weighted by Crippen LogP contribution is 2.22. The van der Waals surface area contributed by atoms with Gasteiger partial charge in [-0.2, -0.15) is 0 Å². The van der Waals surface area contributed by atoms with E-state index in [0.29, 0.717) is 10.1 Å². The lowest BCUT2D eigenvalue weighted by molar-refractivity contribution is 0.0376. The molecule has 0 atom stereocenters. The van der Waals surface area contributed by atoms with E-state index in [1.54, 1.807) is 0 Å². The second-order valence-corrected chi connectivity index (χ2v) is 5.99. The third-order valence-corrected chi connectivity index (χ3v) is 3.97. The number of ether oxygens (including phenoxy) is 1. The molecule has 1 fully saturated rings. The summed E-state index contributed by atoms with van der Waals surface area (Å²) in [6.45, 7) is 7.69. The Kier molecular flexibility index (Phi) is 6.70.